The van der Waals surface area contributed by atoms with Gasteiger partial charge >= 0.3 is 0 Å². The molecule has 0 aromatic carbocycles. The average Bonchev–Trinajstić information content (AvgIpc) is 3.09. The molecule has 6 aliphatic rings. The van der Waals surface area contributed by atoms with E-state index in [1.165, 1.54) is 45.2 Å². The number of aliphatic hydroxyl groups excluding tert-OH is 2. The highest BCUT2D eigenvalue weighted by molar-refractivity contribution is 5.11. The Bertz CT molecular complexity index is 672. The molecule has 0 amide bonds. The first-order valence-electron chi connectivity index (χ1n) is 13.6. The molecule has 6 fully saturated rings. The molecule has 3 nitrogen and oxygen atoms in total. The Morgan fingerprint density at radius 1 is 0.742 bits per heavy atom. The molecule has 9 unspecified atom stereocenters. The first kappa shape index (κ1) is 22.9. The Morgan fingerprint density at radius 2 is 1.52 bits per heavy atom. The minimum Gasteiger partial charge on any atom is -1.00 e. The van der Waals surface area contributed by atoms with Gasteiger partial charge < -0.3 is 27.5 Å². The average molecular weight is 452 g/mol. The lowest BCUT2D eigenvalue weighted by Gasteiger charge is -2.56. The molecule has 0 bridgehead atoms. The number of hydrogen-bond acceptors (Lipinski definition) is 2. The second-order valence-corrected chi connectivity index (χ2v) is 13.3. The van der Waals surface area contributed by atoms with Gasteiger partial charge in [-0.05, 0) is 92.3 Å². The van der Waals surface area contributed by atoms with Crippen LogP contribution in [0.15, 0.2) is 0 Å². The van der Waals surface area contributed by atoms with E-state index in [2.05, 4.69) is 20.8 Å². The molecule has 0 aromatic heterocycles. The Morgan fingerprint density at radius 3 is 2.32 bits per heavy atom. The van der Waals surface area contributed by atoms with Crippen LogP contribution in [0.2, 0.25) is 0 Å². The summed E-state index contributed by atoms with van der Waals surface area (Å²) >= 11 is 0. The molecule has 3 N–H and O–H groups in total. The number of aliphatic hydroxyl groups is 2. The van der Waals surface area contributed by atoms with E-state index in [9.17, 15) is 10.2 Å². The number of rotatable bonds is 0. The van der Waals surface area contributed by atoms with Crippen molar-refractivity contribution in [3.8, 4) is 0 Å². The van der Waals surface area contributed by atoms with Crippen LogP contribution in [0.3, 0.4) is 0 Å². The summed E-state index contributed by atoms with van der Waals surface area (Å²) < 4.78 is 0. The Kier molecular flexibility index (Phi) is 6.02. The van der Waals surface area contributed by atoms with Crippen LogP contribution in [0, 0.1) is 58.7 Å². The summed E-state index contributed by atoms with van der Waals surface area (Å²) in [6.07, 6.45) is 10.9. The predicted molar refractivity (Wildman–Crippen MR) is 119 cm³/mol. The fourth-order valence-corrected chi connectivity index (χ4v) is 10.8. The number of quaternary nitrogens is 1. The molecule has 6 rings (SSSR count). The van der Waals surface area contributed by atoms with Crippen LogP contribution in [0.1, 0.15) is 78.6 Å². The van der Waals surface area contributed by atoms with Crippen LogP contribution in [0.25, 0.3) is 0 Å². The van der Waals surface area contributed by atoms with Crippen molar-refractivity contribution < 1.29 is 27.5 Å². The first-order valence-corrected chi connectivity index (χ1v) is 13.6. The maximum Gasteiger partial charge on any atom is 0.0903 e. The van der Waals surface area contributed by atoms with Gasteiger partial charge in [0, 0.05) is 24.2 Å². The second kappa shape index (κ2) is 8.14. The Labute approximate surface area is 196 Å². The van der Waals surface area contributed by atoms with Crippen LogP contribution in [-0.2, 0) is 0 Å². The predicted octanol–water partition coefficient (Wildman–Crippen LogP) is 0.150. The number of piperidine rings is 2. The van der Waals surface area contributed by atoms with Gasteiger partial charge in [0.2, 0.25) is 0 Å². The number of fused-ring (bicyclic) bond motifs is 8. The van der Waals surface area contributed by atoms with E-state index < -0.39 is 0 Å². The Hall–Kier alpha value is 0.170. The van der Waals surface area contributed by atoms with Gasteiger partial charge in [-0.2, -0.15) is 0 Å². The van der Waals surface area contributed by atoms with Crippen LogP contribution in [-0.4, -0.2) is 41.6 Å². The standard InChI is InChI=1S/C27H45NO2.ClH/c1-15-4-7-25-16(2)18-5-6-19-20(22(18)14-28(25)13-15)11-23-21(19)12-26(30)24-10-17(29)8-9-27(23,24)3;/h15-26,29-30H,4-14H2,1-3H3;1H/t15-,16-,17+,18?,19?,20?,21?,22?,23?,24-,25?,26+,27?;/m1./s1. The lowest BCUT2D eigenvalue weighted by Crippen LogP contribution is -3.20. The van der Waals surface area contributed by atoms with Gasteiger partial charge in [-0.1, -0.05) is 20.8 Å². The molecular weight excluding hydrogens is 406 g/mol. The van der Waals surface area contributed by atoms with E-state index in [-0.39, 0.29) is 30.0 Å². The molecule has 2 heterocycles. The van der Waals surface area contributed by atoms with E-state index in [1.807, 2.05) is 4.90 Å². The highest BCUT2D eigenvalue weighted by Gasteiger charge is 2.63. The summed E-state index contributed by atoms with van der Waals surface area (Å²) in [6, 6.07) is 0.936. The van der Waals surface area contributed by atoms with E-state index >= 15 is 0 Å². The molecule has 4 heteroatoms. The largest absolute Gasteiger partial charge is 1.00 e. The van der Waals surface area contributed by atoms with Gasteiger partial charge in [0.1, 0.15) is 0 Å². The molecule has 0 aromatic rings. The quantitative estimate of drug-likeness (QED) is 0.491. The second-order valence-electron chi connectivity index (χ2n) is 13.3. The summed E-state index contributed by atoms with van der Waals surface area (Å²) in [5.41, 5.74) is 0.268. The van der Waals surface area contributed by atoms with Gasteiger partial charge in [0.05, 0.1) is 31.3 Å². The minimum atomic E-state index is -0.178. The molecule has 31 heavy (non-hydrogen) atoms. The van der Waals surface area contributed by atoms with Crippen molar-refractivity contribution in [1.29, 1.82) is 0 Å². The van der Waals surface area contributed by atoms with Crippen LogP contribution >= 0.6 is 0 Å². The van der Waals surface area contributed by atoms with E-state index in [0.29, 0.717) is 5.92 Å². The smallest absolute Gasteiger partial charge is 0.0903 e. The van der Waals surface area contributed by atoms with Crippen LogP contribution < -0.4 is 17.3 Å². The monoisotopic (exact) mass is 451 g/mol. The topological polar surface area (TPSA) is 44.9 Å². The molecule has 2 saturated heterocycles. The molecule has 4 aliphatic carbocycles. The third-order valence-corrected chi connectivity index (χ3v) is 12.2. The van der Waals surface area contributed by atoms with E-state index in [1.54, 1.807) is 0 Å². The van der Waals surface area contributed by atoms with Crippen molar-refractivity contribution in [2.75, 3.05) is 13.1 Å². The van der Waals surface area contributed by atoms with E-state index in [4.69, 9.17) is 0 Å². The summed E-state index contributed by atoms with van der Waals surface area (Å²) in [7, 11) is 0. The zero-order chi connectivity index (χ0) is 20.8. The van der Waals surface area contributed by atoms with Crippen LogP contribution in [0.4, 0.5) is 0 Å². The zero-order valence-electron chi connectivity index (χ0n) is 20.0. The van der Waals surface area contributed by atoms with Crippen LogP contribution in [0.5, 0.6) is 0 Å². The van der Waals surface area contributed by atoms with Gasteiger partial charge in [0.15, 0.2) is 0 Å². The van der Waals surface area contributed by atoms with Gasteiger partial charge in [-0.15, -0.1) is 0 Å². The molecule has 178 valence electrons. The minimum absolute atomic E-state index is 0. The maximum atomic E-state index is 11.2. The molecular formula is C27H46ClNO2. The van der Waals surface area contributed by atoms with Gasteiger partial charge in [-0.3, -0.25) is 0 Å². The van der Waals surface area contributed by atoms with Crippen molar-refractivity contribution in [1.82, 2.24) is 0 Å². The summed E-state index contributed by atoms with van der Waals surface area (Å²) in [5, 5.41) is 21.5. The fraction of sp³-hybridized carbons (Fsp3) is 1.00. The third kappa shape index (κ3) is 3.38. The molecule has 14 atom stereocenters. The van der Waals surface area contributed by atoms with Crippen molar-refractivity contribution in [2.45, 2.75) is 96.8 Å². The lowest BCUT2D eigenvalue weighted by atomic mass is 9.51. The lowest BCUT2D eigenvalue weighted by molar-refractivity contribution is -0.949. The Balaban J connectivity index is 0.00000204. The van der Waals surface area contributed by atoms with Gasteiger partial charge in [0.25, 0.3) is 0 Å². The van der Waals surface area contributed by atoms with Crippen molar-refractivity contribution >= 4 is 0 Å². The zero-order valence-corrected chi connectivity index (χ0v) is 20.7. The van der Waals surface area contributed by atoms with E-state index in [0.717, 1.165) is 79.1 Å². The number of halogens is 1. The van der Waals surface area contributed by atoms with Crippen molar-refractivity contribution in [2.24, 2.45) is 58.7 Å². The molecule has 4 saturated carbocycles. The van der Waals surface area contributed by atoms with Gasteiger partial charge in [-0.25, -0.2) is 0 Å². The highest BCUT2D eigenvalue weighted by Crippen LogP contribution is 2.66. The third-order valence-electron chi connectivity index (χ3n) is 12.2. The first-order chi connectivity index (χ1) is 14.4. The van der Waals surface area contributed by atoms with Crippen molar-refractivity contribution in [3.05, 3.63) is 0 Å². The maximum absolute atomic E-state index is 11.2. The highest BCUT2D eigenvalue weighted by atomic mass is 35.5. The summed E-state index contributed by atoms with van der Waals surface area (Å²) in [5.74, 6) is 7.41. The normalized spacial score (nSPS) is 60.5. The summed E-state index contributed by atoms with van der Waals surface area (Å²) in [4.78, 5) is 1.96. The summed E-state index contributed by atoms with van der Waals surface area (Å²) in [6.45, 7) is 10.5. The molecule has 2 aliphatic heterocycles. The van der Waals surface area contributed by atoms with Crippen molar-refractivity contribution in [3.63, 3.8) is 0 Å². The molecule has 0 spiro atoms. The fourth-order valence-electron chi connectivity index (χ4n) is 10.8. The number of hydrogen-bond donors (Lipinski definition) is 3. The SMILES string of the molecule is C[C@@H]1CCC2[C@H](C)C3CCC4C(CC5C4C[C@H](O)[C@H]4C[C@@H](O)CCC54C)C3C[NH+]2C1.[Cl-]. The number of nitrogens with one attached hydrogen (secondary N) is 1. The molecule has 0 radical (unpaired) electrons.